The lowest BCUT2D eigenvalue weighted by atomic mass is 10.1. The number of aliphatic hydroxyl groups excluding tert-OH is 1. The van der Waals surface area contributed by atoms with E-state index in [0.29, 0.717) is 5.56 Å². The number of esters is 3. The van der Waals surface area contributed by atoms with Crippen LogP contribution in [0.15, 0.2) is 91.0 Å². The van der Waals surface area contributed by atoms with E-state index in [2.05, 4.69) is 0 Å². The topological polar surface area (TPSA) is 108 Å². The van der Waals surface area contributed by atoms with Gasteiger partial charge in [-0.1, -0.05) is 54.6 Å². The number of benzene rings is 3. The average molecular weight is 462 g/mol. The third kappa shape index (κ3) is 5.48. The molecule has 174 valence electrons. The Balaban J connectivity index is 1.51. The maximum Gasteiger partial charge on any atom is 0.338 e. The summed E-state index contributed by atoms with van der Waals surface area (Å²) in [4.78, 5) is 37.6. The zero-order chi connectivity index (χ0) is 23.9. The van der Waals surface area contributed by atoms with Crippen LogP contribution >= 0.6 is 0 Å². The summed E-state index contributed by atoms with van der Waals surface area (Å²) in [7, 11) is 0. The van der Waals surface area contributed by atoms with Gasteiger partial charge in [0.25, 0.3) is 0 Å². The second-order valence-corrected chi connectivity index (χ2v) is 7.50. The second-order valence-electron chi connectivity index (χ2n) is 7.50. The zero-order valence-corrected chi connectivity index (χ0v) is 18.0. The first-order valence-corrected chi connectivity index (χ1v) is 10.6. The van der Waals surface area contributed by atoms with Crippen LogP contribution in [0, 0.1) is 0 Å². The third-order valence-corrected chi connectivity index (χ3v) is 5.18. The maximum atomic E-state index is 12.7. The van der Waals surface area contributed by atoms with Gasteiger partial charge in [-0.25, -0.2) is 14.4 Å². The highest BCUT2D eigenvalue weighted by Crippen LogP contribution is 2.28. The van der Waals surface area contributed by atoms with Crippen LogP contribution in [-0.2, 0) is 18.9 Å². The highest BCUT2D eigenvalue weighted by Gasteiger charge is 2.50. The van der Waals surface area contributed by atoms with Crippen molar-refractivity contribution in [2.24, 2.45) is 0 Å². The van der Waals surface area contributed by atoms with Crippen LogP contribution in [0.1, 0.15) is 31.1 Å². The Kier molecular flexibility index (Phi) is 7.31. The van der Waals surface area contributed by atoms with Gasteiger partial charge in [-0.05, 0) is 36.4 Å². The van der Waals surface area contributed by atoms with Gasteiger partial charge in [0.2, 0.25) is 0 Å². The van der Waals surface area contributed by atoms with E-state index in [9.17, 15) is 19.5 Å². The molecule has 0 amide bonds. The van der Waals surface area contributed by atoms with Gasteiger partial charge in [0.05, 0.1) is 16.7 Å². The largest absolute Gasteiger partial charge is 0.459 e. The van der Waals surface area contributed by atoms with E-state index in [1.165, 1.54) is 0 Å². The van der Waals surface area contributed by atoms with Crippen molar-refractivity contribution < 1.29 is 38.4 Å². The summed E-state index contributed by atoms with van der Waals surface area (Å²) in [5, 5.41) is 10.5. The minimum atomic E-state index is -1.60. The van der Waals surface area contributed by atoms with Crippen molar-refractivity contribution in [1.29, 1.82) is 0 Å². The maximum absolute atomic E-state index is 12.7. The van der Waals surface area contributed by atoms with Crippen molar-refractivity contribution >= 4 is 17.9 Å². The van der Waals surface area contributed by atoms with E-state index in [4.69, 9.17) is 18.9 Å². The number of aliphatic hydroxyl groups is 1. The molecule has 4 rings (SSSR count). The van der Waals surface area contributed by atoms with Crippen LogP contribution in [0.2, 0.25) is 0 Å². The highest BCUT2D eigenvalue weighted by atomic mass is 16.7. The van der Waals surface area contributed by atoms with E-state index >= 15 is 0 Å². The van der Waals surface area contributed by atoms with E-state index in [-0.39, 0.29) is 17.7 Å². The lowest BCUT2D eigenvalue weighted by Gasteiger charge is -2.23. The van der Waals surface area contributed by atoms with Crippen molar-refractivity contribution in [2.45, 2.75) is 24.6 Å². The average Bonchev–Trinajstić information content (AvgIpc) is 3.17. The zero-order valence-electron chi connectivity index (χ0n) is 18.0. The van der Waals surface area contributed by atoms with Gasteiger partial charge in [0.15, 0.2) is 18.5 Å². The standard InChI is InChI=1S/C26H22O8/c27-23(17-10-4-1-5-11-17)31-16-20-21(33-24(28)18-12-6-2-7-13-18)22(26(30)32-20)34-25(29)19-14-8-3-9-15-19/h1-15,20-22,26,30H,16H2/t20-,21?,22?,26-/m0/s1. The highest BCUT2D eigenvalue weighted by molar-refractivity contribution is 5.90. The molecule has 0 aromatic heterocycles. The smallest absolute Gasteiger partial charge is 0.338 e. The Hall–Kier alpha value is -4.01. The summed E-state index contributed by atoms with van der Waals surface area (Å²) in [5.74, 6) is -2.05. The molecule has 0 radical (unpaired) electrons. The Bertz CT molecular complexity index is 1120. The summed E-state index contributed by atoms with van der Waals surface area (Å²) in [5.41, 5.74) is 0.838. The second kappa shape index (κ2) is 10.7. The third-order valence-electron chi connectivity index (χ3n) is 5.18. The first kappa shape index (κ1) is 23.2. The molecule has 1 heterocycles. The van der Waals surface area contributed by atoms with E-state index < -0.39 is 42.5 Å². The molecule has 0 saturated carbocycles. The van der Waals surface area contributed by atoms with Gasteiger partial charge in [-0.15, -0.1) is 0 Å². The number of hydrogen-bond donors (Lipinski definition) is 1. The van der Waals surface area contributed by atoms with Crippen molar-refractivity contribution in [2.75, 3.05) is 6.61 Å². The van der Waals surface area contributed by atoms with Crippen molar-refractivity contribution in [3.8, 4) is 0 Å². The predicted octanol–water partition coefficient (Wildman–Crippen LogP) is 3.01. The molecule has 8 nitrogen and oxygen atoms in total. The van der Waals surface area contributed by atoms with Crippen molar-refractivity contribution in [3.63, 3.8) is 0 Å². The lowest BCUT2D eigenvalue weighted by Crippen LogP contribution is -2.42. The molecule has 1 fully saturated rings. The van der Waals surface area contributed by atoms with Gasteiger partial charge in [0, 0.05) is 0 Å². The SMILES string of the molecule is O=C(OC[C@@H]1O[C@H](O)C(OC(=O)c2ccccc2)C1OC(=O)c1ccccc1)c1ccccc1. The molecule has 1 aliphatic heterocycles. The Labute approximate surface area is 195 Å². The van der Waals surface area contributed by atoms with Crippen LogP contribution in [0.4, 0.5) is 0 Å². The van der Waals surface area contributed by atoms with Crippen LogP contribution in [0.25, 0.3) is 0 Å². The summed E-state index contributed by atoms with van der Waals surface area (Å²) in [6.07, 6.45) is -5.22. The fourth-order valence-electron chi connectivity index (χ4n) is 3.46. The Morgan fingerprint density at radius 2 is 1.06 bits per heavy atom. The first-order valence-electron chi connectivity index (χ1n) is 10.6. The minimum Gasteiger partial charge on any atom is -0.459 e. The van der Waals surface area contributed by atoms with Gasteiger partial charge in [0.1, 0.15) is 12.7 Å². The molecule has 0 bridgehead atoms. The van der Waals surface area contributed by atoms with E-state index in [1.54, 1.807) is 91.0 Å². The molecule has 4 atom stereocenters. The van der Waals surface area contributed by atoms with E-state index in [1.807, 2.05) is 0 Å². The summed E-state index contributed by atoms with van der Waals surface area (Å²) in [6, 6.07) is 24.7. The fourth-order valence-corrected chi connectivity index (χ4v) is 3.46. The van der Waals surface area contributed by atoms with Crippen LogP contribution in [-0.4, -0.2) is 54.2 Å². The van der Waals surface area contributed by atoms with Crippen LogP contribution < -0.4 is 0 Å². The molecule has 1 N–H and O–H groups in total. The molecule has 8 heteroatoms. The number of rotatable bonds is 7. The number of carbonyl (C=O) groups excluding carboxylic acids is 3. The molecular formula is C26H22O8. The minimum absolute atomic E-state index is 0.252. The molecule has 3 aromatic carbocycles. The quantitative estimate of drug-likeness (QED) is 0.422. The Morgan fingerprint density at radius 3 is 1.53 bits per heavy atom. The van der Waals surface area contributed by atoms with Gasteiger partial charge < -0.3 is 24.1 Å². The lowest BCUT2D eigenvalue weighted by molar-refractivity contribution is -0.135. The predicted molar refractivity (Wildman–Crippen MR) is 119 cm³/mol. The molecule has 0 aliphatic carbocycles. The fraction of sp³-hybridized carbons (Fsp3) is 0.192. The molecule has 2 unspecified atom stereocenters. The molecule has 3 aromatic rings. The van der Waals surface area contributed by atoms with Gasteiger partial charge in [-0.2, -0.15) is 0 Å². The first-order chi connectivity index (χ1) is 16.5. The van der Waals surface area contributed by atoms with Crippen molar-refractivity contribution in [3.05, 3.63) is 108 Å². The number of carbonyl (C=O) groups is 3. The molecular weight excluding hydrogens is 440 g/mol. The summed E-state index contributed by atoms with van der Waals surface area (Å²) in [6.45, 7) is -0.336. The summed E-state index contributed by atoms with van der Waals surface area (Å²) < 4.78 is 21.8. The Morgan fingerprint density at radius 1 is 0.647 bits per heavy atom. The van der Waals surface area contributed by atoms with Crippen LogP contribution in [0.3, 0.4) is 0 Å². The van der Waals surface area contributed by atoms with Gasteiger partial charge >= 0.3 is 17.9 Å². The number of ether oxygens (including phenoxy) is 4. The molecule has 1 aliphatic rings. The monoisotopic (exact) mass is 462 g/mol. The molecule has 0 spiro atoms. The summed E-state index contributed by atoms with van der Waals surface area (Å²) >= 11 is 0. The molecule has 34 heavy (non-hydrogen) atoms. The van der Waals surface area contributed by atoms with E-state index in [0.717, 1.165) is 0 Å². The molecule has 1 saturated heterocycles. The van der Waals surface area contributed by atoms with Crippen LogP contribution in [0.5, 0.6) is 0 Å². The normalized spacial score (nSPS) is 21.4. The van der Waals surface area contributed by atoms with Gasteiger partial charge in [-0.3, -0.25) is 0 Å². The number of hydrogen-bond acceptors (Lipinski definition) is 8. The van der Waals surface area contributed by atoms with Crippen molar-refractivity contribution in [1.82, 2.24) is 0 Å².